The summed E-state index contributed by atoms with van der Waals surface area (Å²) in [6.07, 6.45) is 8.40. The molecule has 0 saturated carbocycles. The molecule has 45 heavy (non-hydrogen) atoms. The highest BCUT2D eigenvalue weighted by molar-refractivity contribution is 8.02. The Morgan fingerprint density at radius 2 is 1.82 bits per heavy atom. The lowest BCUT2D eigenvalue weighted by atomic mass is 9.78. The highest BCUT2D eigenvalue weighted by Crippen LogP contribution is 2.61. The van der Waals surface area contributed by atoms with E-state index < -0.39 is 28.7 Å². The predicted molar refractivity (Wildman–Crippen MR) is 170 cm³/mol. The van der Waals surface area contributed by atoms with Crippen molar-refractivity contribution in [2.45, 2.75) is 49.0 Å². The molecule has 2 fully saturated rings. The number of aliphatic hydroxyl groups excluding tert-OH is 1. The molecule has 1 aromatic heterocycles. The average Bonchev–Trinajstić information content (AvgIpc) is 3.61. The Bertz CT molecular complexity index is 1690. The third-order valence-electron chi connectivity index (χ3n) is 9.44. The van der Waals surface area contributed by atoms with E-state index in [1.165, 1.54) is 11.8 Å². The highest BCUT2D eigenvalue weighted by atomic mass is 32.2. The molecule has 5 heterocycles. The number of likely N-dealkylation sites (tertiary alicyclic amines) is 1. The second-order valence-corrected chi connectivity index (χ2v) is 13.3. The zero-order chi connectivity index (χ0) is 31.3. The maximum absolute atomic E-state index is 14.7. The second kappa shape index (κ2) is 11.6. The number of carbonyl (C=O) groups excluding carboxylic acids is 3. The summed E-state index contributed by atoms with van der Waals surface area (Å²) in [5.74, 6) is -1.37. The summed E-state index contributed by atoms with van der Waals surface area (Å²) in [5, 5.41) is 18.7. The molecule has 7 rings (SSSR count). The number of anilines is 1. The number of amides is 3. The topological polar surface area (TPSA) is 121 Å². The number of hydrogen-bond donors (Lipinski definition) is 1. The van der Waals surface area contributed by atoms with Crippen LogP contribution in [0.3, 0.4) is 0 Å². The van der Waals surface area contributed by atoms with Crippen LogP contribution in [0.4, 0.5) is 5.69 Å². The van der Waals surface area contributed by atoms with Gasteiger partial charge in [0.2, 0.25) is 17.7 Å². The molecule has 3 amide bonds. The van der Waals surface area contributed by atoms with Gasteiger partial charge in [-0.15, -0.1) is 16.9 Å². The normalized spacial score (nSPS) is 28.2. The largest absolute Gasteiger partial charge is 0.494 e. The van der Waals surface area contributed by atoms with Gasteiger partial charge in [-0.25, -0.2) is 4.68 Å². The number of carbonyl (C=O) groups is 3. The molecule has 0 bridgehead atoms. The molecule has 11 nitrogen and oxygen atoms in total. The van der Waals surface area contributed by atoms with Crippen molar-refractivity contribution in [2.24, 2.45) is 11.8 Å². The molecule has 0 radical (unpaired) electrons. The van der Waals surface area contributed by atoms with Crippen LogP contribution in [0.2, 0.25) is 0 Å². The molecule has 6 atom stereocenters. The molecule has 4 aliphatic heterocycles. The number of aromatic nitrogens is 3. The van der Waals surface area contributed by atoms with Gasteiger partial charge in [-0.3, -0.25) is 14.4 Å². The van der Waals surface area contributed by atoms with Crippen molar-refractivity contribution in [3.05, 3.63) is 72.8 Å². The van der Waals surface area contributed by atoms with E-state index >= 15 is 0 Å². The van der Waals surface area contributed by atoms with Crippen LogP contribution in [-0.4, -0.2) is 96.0 Å². The quantitative estimate of drug-likeness (QED) is 0.378. The first-order valence-electron chi connectivity index (χ1n) is 15.5. The predicted octanol–water partition coefficient (Wildman–Crippen LogP) is 2.86. The van der Waals surface area contributed by atoms with Gasteiger partial charge in [-0.05, 0) is 49.7 Å². The summed E-state index contributed by atoms with van der Waals surface area (Å²) in [6.45, 7) is 4.92. The van der Waals surface area contributed by atoms with Crippen LogP contribution in [0.5, 0.6) is 5.75 Å². The SMILES string of the molecule is CCOc1ccc(N2CC=C[C@@H]3S[C@]45C=CCN(Cn6nnc7ccccc76)C(=O)C4N([C@@H](CC)CO)C(=O)[C@@H]5[C@@H]3C2=O)cc1. The lowest BCUT2D eigenvalue weighted by Crippen LogP contribution is -2.56. The molecule has 2 aromatic carbocycles. The fourth-order valence-corrected chi connectivity index (χ4v) is 9.35. The number of benzene rings is 2. The van der Waals surface area contributed by atoms with Crippen LogP contribution in [-0.2, 0) is 21.1 Å². The Labute approximate surface area is 265 Å². The third-order valence-corrected chi connectivity index (χ3v) is 11.2. The fraction of sp³-hybridized carbons (Fsp3) is 0.424. The van der Waals surface area contributed by atoms with Crippen molar-refractivity contribution in [2.75, 3.05) is 31.2 Å². The van der Waals surface area contributed by atoms with Crippen LogP contribution >= 0.6 is 11.8 Å². The zero-order valence-corrected chi connectivity index (χ0v) is 26.0. The lowest BCUT2D eigenvalue weighted by molar-refractivity contribution is -0.146. The van der Waals surface area contributed by atoms with Crippen molar-refractivity contribution in [1.82, 2.24) is 24.8 Å². The van der Waals surface area contributed by atoms with E-state index in [4.69, 9.17) is 4.74 Å². The number of nitrogens with zero attached hydrogens (tertiary/aromatic N) is 6. The van der Waals surface area contributed by atoms with Crippen molar-refractivity contribution in [3.63, 3.8) is 0 Å². The Balaban J connectivity index is 1.27. The Hall–Kier alpha value is -4.16. The smallest absolute Gasteiger partial charge is 0.248 e. The molecule has 234 valence electrons. The maximum Gasteiger partial charge on any atom is 0.248 e. The monoisotopic (exact) mass is 628 g/mol. The zero-order valence-electron chi connectivity index (χ0n) is 25.2. The standard InChI is InChI=1S/C33H36N6O5S/c1-3-21(19-40)39-29-32(43)36(20-38-25-10-6-5-9-24(25)34-35-38)17-8-16-33(29)28(31(39)42)27-26(45-33)11-7-18-37(30(27)41)22-12-14-23(15-13-22)44-4-2/h5-16,21,26-29,40H,3-4,17-20H2,1-2H3/t21-,26-,27+,28-,29?,33-/m0/s1. The summed E-state index contributed by atoms with van der Waals surface area (Å²) in [6, 6.07) is 13.5. The van der Waals surface area contributed by atoms with Crippen molar-refractivity contribution >= 4 is 46.2 Å². The minimum absolute atomic E-state index is 0.148. The summed E-state index contributed by atoms with van der Waals surface area (Å²) in [5.41, 5.74) is 2.25. The summed E-state index contributed by atoms with van der Waals surface area (Å²) in [7, 11) is 0. The molecule has 2 saturated heterocycles. The number of ether oxygens (including phenoxy) is 1. The van der Waals surface area contributed by atoms with Gasteiger partial charge in [0.1, 0.15) is 24.0 Å². The Kier molecular flexibility index (Phi) is 7.65. The van der Waals surface area contributed by atoms with Gasteiger partial charge >= 0.3 is 0 Å². The first kappa shape index (κ1) is 29.5. The molecule has 1 spiro atoms. The molecule has 1 unspecified atom stereocenters. The summed E-state index contributed by atoms with van der Waals surface area (Å²) >= 11 is 1.53. The molecular formula is C33H36N6O5S. The Morgan fingerprint density at radius 1 is 1.02 bits per heavy atom. The second-order valence-electron chi connectivity index (χ2n) is 11.8. The van der Waals surface area contributed by atoms with Crippen molar-refractivity contribution in [3.8, 4) is 5.75 Å². The van der Waals surface area contributed by atoms with E-state index in [0.717, 1.165) is 22.5 Å². The minimum atomic E-state index is -0.979. The van der Waals surface area contributed by atoms with E-state index in [1.54, 1.807) is 19.4 Å². The first-order chi connectivity index (χ1) is 21.9. The third kappa shape index (κ3) is 4.64. The van der Waals surface area contributed by atoms with E-state index in [1.807, 2.05) is 86.7 Å². The molecule has 4 aliphatic rings. The summed E-state index contributed by atoms with van der Waals surface area (Å²) < 4.78 is 6.30. The van der Waals surface area contributed by atoms with E-state index in [0.29, 0.717) is 26.1 Å². The number of fused-ring (bicyclic) bond motifs is 3. The molecule has 12 heteroatoms. The number of para-hydroxylation sites is 1. The molecular weight excluding hydrogens is 592 g/mol. The van der Waals surface area contributed by atoms with Crippen LogP contribution in [0.15, 0.2) is 72.8 Å². The van der Waals surface area contributed by atoms with Crippen molar-refractivity contribution < 1.29 is 24.2 Å². The first-order valence-corrected chi connectivity index (χ1v) is 16.4. The molecule has 0 aliphatic carbocycles. The highest BCUT2D eigenvalue weighted by Gasteiger charge is 2.71. The average molecular weight is 629 g/mol. The van der Waals surface area contributed by atoms with Crippen LogP contribution in [0.1, 0.15) is 20.3 Å². The van der Waals surface area contributed by atoms with Gasteiger partial charge in [0.15, 0.2) is 0 Å². The van der Waals surface area contributed by atoms with Crippen molar-refractivity contribution in [1.29, 1.82) is 0 Å². The van der Waals surface area contributed by atoms with Gasteiger partial charge in [-0.2, -0.15) is 0 Å². The van der Waals surface area contributed by atoms with Crippen LogP contribution in [0, 0.1) is 11.8 Å². The number of rotatable bonds is 8. The van der Waals surface area contributed by atoms with E-state index in [9.17, 15) is 19.5 Å². The van der Waals surface area contributed by atoms with E-state index in [2.05, 4.69) is 10.3 Å². The summed E-state index contributed by atoms with van der Waals surface area (Å²) in [4.78, 5) is 48.7. The fourth-order valence-electron chi connectivity index (χ4n) is 7.36. The van der Waals surface area contributed by atoms with E-state index in [-0.39, 0.29) is 36.2 Å². The van der Waals surface area contributed by atoms with Gasteiger partial charge in [0, 0.05) is 24.0 Å². The molecule has 3 aromatic rings. The number of thioether (sulfide) groups is 1. The van der Waals surface area contributed by atoms with Crippen LogP contribution < -0.4 is 9.64 Å². The molecule has 1 N–H and O–H groups in total. The number of hydrogen-bond acceptors (Lipinski definition) is 8. The Morgan fingerprint density at radius 3 is 2.58 bits per heavy atom. The van der Waals surface area contributed by atoms with Gasteiger partial charge in [0.25, 0.3) is 0 Å². The van der Waals surface area contributed by atoms with Gasteiger partial charge < -0.3 is 24.5 Å². The number of aliphatic hydroxyl groups is 1. The van der Waals surface area contributed by atoms with Gasteiger partial charge in [-0.1, -0.05) is 48.6 Å². The van der Waals surface area contributed by atoms with Crippen LogP contribution in [0.25, 0.3) is 11.0 Å². The lowest BCUT2D eigenvalue weighted by Gasteiger charge is -2.38. The maximum atomic E-state index is 14.7. The van der Waals surface area contributed by atoms with Gasteiger partial charge in [0.05, 0.1) is 41.4 Å². The minimum Gasteiger partial charge on any atom is -0.494 e.